The van der Waals surface area contributed by atoms with Gasteiger partial charge in [-0.15, -0.1) is 0 Å². The Morgan fingerprint density at radius 2 is 1.88 bits per heavy atom. The zero-order chi connectivity index (χ0) is 13.1. The van der Waals surface area contributed by atoms with Crippen LogP contribution in [0.5, 0.6) is 0 Å². The Bertz CT molecular complexity index is 177. The van der Waals surface area contributed by atoms with Crippen LogP contribution in [0.3, 0.4) is 0 Å². The highest BCUT2D eigenvalue weighted by atomic mass is 19.4. The zero-order valence-electron chi connectivity index (χ0n) is 10.6. The molecule has 0 amide bonds. The summed E-state index contributed by atoms with van der Waals surface area (Å²) in [4.78, 5) is 1.36. The van der Waals surface area contributed by atoms with E-state index in [0.29, 0.717) is 32.8 Å². The standard InChI is InChI=1S/C11H23F3N2O/c1-3-4-8-17-9-7-16(6-5-15-2)10-11(12,13)14/h15H,3-10H2,1-2H3. The lowest BCUT2D eigenvalue weighted by Crippen LogP contribution is -2.40. The minimum absolute atomic E-state index is 0.324. The first-order valence-corrected chi connectivity index (χ1v) is 6.01. The van der Waals surface area contributed by atoms with Crippen LogP contribution in [0.4, 0.5) is 13.2 Å². The second-order valence-electron chi connectivity index (χ2n) is 3.96. The van der Waals surface area contributed by atoms with Crippen molar-refractivity contribution in [3.63, 3.8) is 0 Å². The van der Waals surface area contributed by atoms with E-state index >= 15 is 0 Å². The molecule has 0 heterocycles. The summed E-state index contributed by atoms with van der Waals surface area (Å²) in [6, 6.07) is 0. The summed E-state index contributed by atoms with van der Waals surface area (Å²) in [5.74, 6) is 0. The van der Waals surface area contributed by atoms with Crippen molar-refractivity contribution >= 4 is 0 Å². The molecule has 0 aromatic heterocycles. The fourth-order valence-electron chi connectivity index (χ4n) is 1.34. The average Bonchev–Trinajstić information content (AvgIpc) is 2.23. The van der Waals surface area contributed by atoms with Crippen LogP contribution >= 0.6 is 0 Å². The second kappa shape index (κ2) is 9.67. The molecule has 0 saturated heterocycles. The maximum atomic E-state index is 12.3. The lowest BCUT2D eigenvalue weighted by Gasteiger charge is -2.23. The van der Waals surface area contributed by atoms with Gasteiger partial charge in [-0.05, 0) is 13.5 Å². The van der Waals surface area contributed by atoms with E-state index in [1.165, 1.54) is 4.90 Å². The molecule has 0 aliphatic heterocycles. The van der Waals surface area contributed by atoms with E-state index in [9.17, 15) is 13.2 Å². The maximum Gasteiger partial charge on any atom is 0.401 e. The first-order chi connectivity index (χ1) is 7.99. The van der Waals surface area contributed by atoms with Crippen LogP contribution in [-0.2, 0) is 4.74 Å². The predicted octanol–water partition coefficient (Wildman–Crippen LogP) is 1.89. The molecule has 0 aliphatic rings. The molecule has 0 aromatic carbocycles. The van der Waals surface area contributed by atoms with Gasteiger partial charge in [-0.25, -0.2) is 0 Å². The van der Waals surface area contributed by atoms with Crippen molar-refractivity contribution in [2.24, 2.45) is 0 Å². The van der Waals surface area contributed by atoms with E-state index < -0.39 is 12.7 Å². The Kier molecular flexibility index (Phi) is 9.49. The summed E-state index contributed by atoms with van der Waals surface area (Å²) >= 11 is 0. The number of nitrogens with one attached hydrogen (secondary N) is 1. The summed E-state index contributed by atoms with van der Waals surface area (Å²) in [6.45, 7) is 3.42. The molecular weight excluding hydrogens is 233 g/mol. The third-order valence-electron chi connectivity index (χ3n) is 2.28. The zero-order valence-corrected chi connectivity index (χ0v) is 10.6. The Morgan fingerprint density at radius 3 is 2.41 bits per heavy atom. The number of hydrogen-bond donors (Lipinski definition) is 1. The van der Waals surface area contributed by atoms with Crippen molar-refractivity contribution in [2.45, 2.75) is 25.9 Å². The number of likely N-dealkylation sites (N-methyl/N-ethyl adjacent to an activating group) is 1. The number of halogens is 3. The highest BCUT2D eigenvalue weighted by Gasteiger charge is 2.30. The first kappa shape index (κ1) is 16.7. The maximum absolute atomic E-state index is 12.3. The van der Waals surface area contributed by atoms with Gasteiger partial charge in [0.2, 0.25) is 0 Å². The van der Waals surface area contributed by atoms with Gasteiger partial charge in [0.25, 0.3) is 0 Å². The fraction of sp³-hybridized carbons (Fsp3) is 1.00. The summed E-state index contributed by atoms with van der Waals surface area (Å²) in [5.41, 5.74) is 0. The SMILES string of the molecule is CCCCOCCN(CCNC)CC(F)(F)F. The van der Waals surface area contributed by atoms with Gasteiger partial charge in [-0.1, -0.05) is 13.3 Å². The third kappa shape index (κ3) is 11.9. The van der Waals surface area contributed by atoms with Gasteiger partial charge in [0.1, 0.15) is 0 Å². The van der Waals surface area contributed by atoms with Crippen molar-refractivity contribution in [1.29, 1.82) is 0 Å². The summed E-state index contributed by atoms with van der Waals surface area (Å²) in [5, 5.41) is 2.84. The van der Waals surface area contributed by atoms with Crippen LogP contribution < -0.4 is 5.32 Å². The molecule has 0 atom stereocenters. The third-order valence-corrected chi connectivity index (χ3v) is 2.28. The van der Waals surface area contributed by atoms with Gasteiger partial charge < -0.3 is 10.1 Å². The molecule has 0 bridgehead atoms. The molecule has 0 aromatic rings. The summed E-state index contributed by atoms with van der Waals surface area (Å²) in [6.07, 6.45) is -2.15. The van der Waals surface area contributed by atoms with Crippen LogP contribution in [-0.4, -0.2) is 57.5 Å². The molecule has 6 heteroatoms. The van der Waals surface area contributed by atoms with E-state index in [1.807, 2.05) is 6.92 Å². The monoisotopic (exact) mass is 256 g/mol. The Balaban J connectivity index is 3.77. The van der Waals surface area contributed by atoms with Crippen molar-refractivity contribution in [3.8, 4) is 0 Å². The molecule has 0 fully saturated rings. The number of hydrogen-bond acceptors (Lipinski definition) is 3. The molecule has 104 valence electrons. The van der Waals surface area contributed by atoms with Gasteiger partial charge in [0.05, 0.1) is 13.2 Å². The Labute approximate surface area is 101 Å². The van der Waals surface area contributed by atoms with Crippen LogP contribution in [0, 0.1) is 0 Å². The molecule has 0 aliphatic carbocycles. The van der Waals surface area contributed by atoms with E-state index in [4.69, 9.17) is 4.74 Å². The van der Waals surface area contributed by atoms with Crippen LogP contribution in [0.1, 0.15) is 19.8 Å². The Hall–Kier alpha value is -0.330. The Morgan fingerprint density at radius 1 is 1.18 bits per heavy atom. The summed E-state index contributed by atoms with van der Waals surface area (Å²) < 4.78 is 42.0. The smallest absolute Gasteiger partial charge is 0.380 e. The minimum Gasteiger partial charge on any atom is -0.380 e. The van der Waals surface area contributed by atoms with Gasteiger partial charge in [-0.2, -0.15) is 13.2 Å². The van der Waals surface area contributed by atoms with Crippen LogP contribution in [0.25, 0.3) is 0 Å². The molecule has 0 spiro atoms. The molecule has 17 heavy (non-hydrogen) atoms. The van der Waals surface area contributed by atoms with E-state index in [2.05, 4.69) is 5.32 Å². The normalized spacial score (nSPS) is 12.4. The van der Waals surface area contributed by atoms with Crippen molar-refractivity contribution in [2.75, 3.05) is 46.4 Å². The van der Waals surface area contributed by atoms with E-state index in [0.717, 1.165) is 12.8 Å². The number of nitrogens with zero attached hydrogens (tertiary/aromatic N) is 1. The lowest BCUT2D eigenvalue weighted by molar-refractivity contribution is -0.147. The average molecular weight is 256 g/mol. The molecule has 0 saturated carbocycles. The van der Waals surface area contributed by atoms with Gasteiger partial charge in [0, 0.05) is 26.2 Å². The predicted molar refractivity (Wildman–Crippen MR) is 62.1 cm³/mol. The number of unbranched alkanes of at least 4 members (excludes halogenated alkanes) is 1. The summed E-state index contributed by atoms with van der Waals surface area (Å²) in [7, 11) is 1.73. The number of alkyl halides is 3. The van der Waals surface area contributed by atoms with E-state index in [-0.39, 0.29) is 0 Å². The van der Waals surface area contributed by atoms with Crippen molar-refractivity contribution < 1.29 is 17.9 Å². The second-order valence-corrected chi connectivity index (χ2v) is 3.96. The highest BCUT2D eigenvalue weighted by Crippen LogP contribution is 2.15. The highest BCUT2D eigenvalue weighted by molar-refractivity contribution is 4.64. The molecule has 0 rings (SSSR count). The molecule has 3 nitrogen and oxygen atoms in total. The molecule has 0 radical (unpaired) electrons. The van der Waals surface area contributed by atoms with E-state index in [1.54, 1.807) is 7.05 Å². The topological polar surface area (TPSA) is 24.5 Å². The van der Waals surface area contributed by atoms with Crippen molar-refractivity contribution in [1.82, 2.24) is 10.2 Å². The van der Waals surface area contributed by atoms with Crippen LogP contribution in [0.2, 0.25) is 0 Å². The molecule has 0 unspecified atom stereocenters. The van der Waals surface area contributed by atoms with Gasteiger partial charge in [-0.3, -0.25) is 4.90 Å². The fourth-order valence-corrected chi connectivity index (χ4v) is 1.34. The molecule has 1 N–H and O–H groups in total. The van der Waals surface area contributed by atoms with Crippen LogP contribution in [0.15, 0.2) is 0 Å². The van der Waals surface area contributed by atoms with Gasteiger partial charge in [0.15, 0.2) is 0 Å². The molecular formula is C11H23F3N2O. The number of ether oxygens (including phenoxy) is 1. The lowest BCUT2D eigenvalue weighted by atomic mass is 10.4. The van der Waals surface area contributed by atoms with Crippen molar-refractivity contribution in [3.05, 3.63) is 0 Å². The quantitative estimate of drug-likeness (QED) is 0.604. The largest absolute Gasteiger partial charge is 0.401 e. The first-order valence-electron chi connectivity index (χ1n) is 6.01. The van der Waals surface area contributed by atoms with Gasteiger partial charge >= 0.3 is 6.18 Å². The number of rotatable bonds is 10. The minimum atomic E-state index is -4.14.